The second kappa shape index (κ2) is 5.63. The number of pyridine rings is 1. The third kappa shape index (κ3) is 2.31. The van der Waals surface area contributed by atoms with Gasteiger partial charge in [0.05, 0.1) is 23.1 Å². The van der Waals surface area contributed by atoms with E-state index in [2.05, 4.69) is 22.3 Å². The van der Waals surface area contributed by atoms with Crippen molar-refractivity contribution in [3.05, 3.63) is 48.3 Å². The zero-order chi connectivity index (χ0) is 16.7. The SMILES string of the molecule is CCn1ncc2cc(C(=O)N3CC(C)Nc4ccccc43)cnc21. The summed E-state index contributed by atoms with van der Waals surface area (Å²) in [5.41, 5.74) is 3.28. The topological polar surface area (TPSA) is 63.1 Å². The van der Waals surface area contributed by atoms with Gasteiger partial charge >= 0.3 is 0 Å². The number of fused-ring (bicyclic) bond motifs is 2. The van der Waals surface area contributed by atoms with Crippen LogP contribution in [0.1, 0.15) is 24.2 Å². The number of para-hydroxylation sites is 2. The molecule has 1 amide bonds. The molecule has 0 fully saturated rings. The highest BCUT2D eigenvalue weighted by molar-refractivity contribution is 6.09. The molecular weight excluding hydrogens is 302 g/mol. The Bertz CT molecular complexity index is 917. The van der Waals surface area contributed by atoms with Crippen LogP contribution in [-0.4, -0.2) is 33.3 Å². The third-order valence-electron chi connectivity index (χ3n) is 4.32. The molecular formula is C18H19N5O. The van der Waals surface area contributed by atoms with Crippen molar-refractivity contribution in [3.63, 3.8) is 0 Å². The molecule has 1 unspecified atom stereocenters. The zero-order valence-corrected chi connectivity index (χ0v) is 13.7. The van der Waals surface area contributed by atoms with Crippen molar-refractivity contribution in [1.29, 1.82) is 0 Å². The number of carbonyl (C=O) groups excluding carboxylic acids is 1. The molecule has 0 saturated carbocycles. The van der Waals surface area contributed by atoms with Gasteiger partial charge in [-0.2, -0.15) is 5.10 Å². The highest BCUT2D eigenvalue weighted by Crippen LogP contribution is 2.31. The molecule has 122 valence electrons. The summed E-state index contributed by atoms with van der Waals surface area (Å²) in [6.07, 6.45) is 3.41. The Kier molecular flexibility index (Phi) is 3.45. The maximum atomic E-state index is 13.1. The molecule has 1 atom stereocenters. The first-order valence-electron chi connectivity index (χ1n) is 8.16. The van der Waals surface area contributed by atoms with Gasteiger partial charge in [-0.3, -0.25) is 4.79 Å². The maximum Gasteiger partial charge on any atom is 0.259 e. The quantitative estimate of drug-likeness (QED) is 0.788. The van der Waals surface area contributed by atoms with Gasteiger partial charge in [0.2, 0.25) is 0 Å². The number of nitrogens with one attached hydrogen (secondary N) is 1. The van der Waals surface area contributed by atoms with Crippen molar-refractivity contribution in [2.75, 3.05) is 16.8 Å². The van der Waals surface area contributed by atoms with Crippen LogP contribution in [0.25, 0.3) is 11.0 Å². The van der Waals surface area contributed by atoms with Crippen LogP contribution in [0.15, 0.2) is 42.7 Å². The predicted octanol–water partition coefficient (Wildman–Crippen LogP) is 2.91. The van der Waals surface area contributed by atoms with Crippen LogP contribution >= 0.6 is 0 Å². The number of nitrogens with zero attached hydrogens (tertiary/aromatic N) is 4. The van der Waals surface area contributed by atoms with E-state index in [9.17, 15) is 4.79 Å². The molecule has 3 heterocycles. The smallest absolute Gasteiger partial charge is 0.259 e. The van der Waals surface area contributed by atoms with Gasteiger partial charge in [0.1, 0.15) is 0 Å². The van der Waals surface area contributed by atoms with E-state index in [0.29, 0.717) is 12.1 Å². The minimum atomic E-state index is -0.0329. The van der Waals surface area contributed by atoms with Gasteiger partial charge in [-0.05, 0) is 32.0 Å². The number of rotatable bonds is 2. The van der Waals surface area contributed by atoms with Crippen LogP contribution in [0.5, 0.6) is 0 Å². The van der Waals surface area contributed by atoms with E-state index in [1.165, 1.54) is 0 Å². The minimum Gasteiger partial charge on any atom is -0.379 e. The number of hydrogen-bond donors (Lipinski definition) is 1. The number of aryl methyl sites for hydroxylation is 1. The first-order chi connectivity index (χ1) is 11.7. The Hall–Kier alpha value is -2.89. The van der Waals surface area contributed by atoms with E-state index in [0.717, 1.165) is 29.0 Å². The maximum absolute atomic E-state index is 13.1. The fourth-order valence-corrected chi connectivity index (χ4v) is 3.18. The monoisotopic (exact) mass is 321 g/mol. The van der Waals surface area contributed by atoms with E-state index in [4.69, 9.17) is 0 Å². The van der Waals surface area contributed by atoms with Crippen molar-refractivity contribution in [2.24, 2.45) is 0 Å². The fourth-order valence-electron chi connectivity index (χ4n) is 3.18. The molecule has 1 aliphatic heterocycles. The largest absolute Gasteiger partial charge is 0.379 e. The van der Waals surface area contributed by atoms with E-state index >= 15 is 0 Å². The highest BCUT2D eigenvalue weighted by Gasteiger charge is 2.27. The van der Waals surface area contributed by atoms with Gasteiger partial charge in [0, 0.05) is 30.7 Å². The number of hydrogen-bond acceptors (Lipinski definition) is 4. The summed E-state index contributed by atoms with van der Waals surface area (Å²) < 4.78 is 1.83. The van der Waals surface area contributed by atoms with Gasteiger partial charge in [-0.15, -0.1) is 0 Å². The van der Waals surface area contributed by atoms with E-state index in [1.54, 1.807) is 12.4 Å². The second-order valence-corrected chi connectivity index (χ2v) is 6.08. The zero-order valence-electron chi connectivity index (χ0n) is 13.7. The molecule has 24 heavy (non-hydrogen) atoms. The molecule has 0 saturated heterocycles. The number of carbonyl (C=O) groups is 1. The van der Waals surface area contributed by atoms with E-state index < -0.39 is 0 Å². The van der Waals surface area contributed by atoms with Gasteiger partial charge in [-0.25, -0.2) is 9.67 Å². The van der Waals surface area contributed by atoms with Crippen LogP contribution in [0.3, 0.4) is 0 Å². The Morgan fingerprint density at radius 1 is 1.33 bits per heavy atom. The molecule has 1 N–H and O–H groups in total. The van der Waals surface area contributed by atoms with E-state index in [-0.39, 0.29) is 11.9 Å². The fraction of sp³-hybridized carbons (Fsp3) is 0.278. The molecule has 0 bridgehead atoms. The standard InChI is InChI=1S/C18H19N5O/c1-3-23-17-13(10-20-23)8-14(9-19-17)18(24)22-11-12(2)21-15-6-4-5-7-16(15)22/h4-10,12,21H,3,11H2,1-2H3. The van der Waals surface area contributed by atoms with E-state index in [1.807, 2.05) is 46.8 Å². The summed E-state index contributed by atoms with van der Waals surface area (Å²) in [5, 5.41) is 8.60. The summed E-state index contributed by atoms with van der Waals surface area (Å²) in [5.74, 6) is -0.0329. The summed E-state index contributed by atoms with van der Waals surface area (Å²) >= 11 is 0. The van der Waals surface area contributed by atoms with Crippen LogP contribution in [0.2, 0.25) is 0 Å². The average Bonchev–Trinajstić information content (AvgIpc) is 3.02. The van der Waals surface area contributed by atoms with Crippen LogP contribution in [0, 0.1) is 0 Å². The van der Waals surface area contributed by atoms with Crippen LogP contribution < -0.4 is 10.2 Å². The van der Waals surface area contributed by atoms with Crippen molar-refractivity contribution < 1.29 is 4.79 Å². The summed E-state index contributed by atoms with van der Waals surface area (Å²) in [4.78, 5) is 19.3. The molecule has 0 aliphatic carbocycles. The molecule has 6 nitrogen and oxygen atoms in total. The number of amides is 1. The third-order valence-corrected chi connectivity index (χ3v) is 4.32. The van der Waals surface area contributed by atoms with Crippen LogP contribution in [-0.2, 0) is 6.54 Å². The molecule has 3 aromatic rings. The van der Waals surface area contributed by atoms with Gasteiger partial charge in [0.25, 0.3) is 5.91 Å². The summed E-state index contributed by atoms with van der Waals surface area (Å²) in [6.45, 7) is 5.48. The van der Waals surface area contributed by atoms with Crippen LogP contribution in [0.4, 0.5) is 11.4 Å². The Labute approximate surface area is 140 Å². The van der Waals surface area contributed by atoms with Gasteiger partial charge < -0.3 is 10.2 Å². The molecule has 0 spiro atoms. The molecule has 4 rings (SSSR count). The Balaban J connectivity index is 1.73. The highest BCUT2D eigenvalue weighted by atomic mass is 16.2. The minimum absolute atomic E-state index is 0.0329. The number of benzene rings is 1. The second-order valence-electron chi connectivity index (χ2n) is 6.08. The van der Waals surface area contributed by atoms with Gasteiger partial charge in [0.15, 0.2) is 5.65 Å². The predicted molar refractivity (Wildman–Crippen MR) is 94.4 cm³/mol. The molecule has 6 heteroatoms. The molecule has 1 aromatic carbocycles. The van der Waals surface area contributed by atoms with Crippen molar-refractivity contribution in [2.45, 2.75) is 26.4 Å². The molecule has 0 radical (unpaired) electrons. The van der Waals surface area contributed by atoms with Crippen molar-refractivity contribution in [1.82, 2.24) is 14.8 Å². The number of anilines is 2. The Morgan fingerprint density at radius 2 is 2.17 bits per heavy atom. The normalized spacial score (nSPS) is 16.8. The molecule has 2 aromatic heterocycles. The molecule has 1 aliphatic rings. The van der Waals surface area contributed by atoms with Gasteiger partial charge in [-0.1, -0.05) is 12.1 Å². The lowest BCUT2D eigenvalue weighted by Crippen LogP contribution is -2.43. The van der Waals surface area contributed by atoms with Crippen molar-refractivity contribution in [3.8, 4) is 0 Å². The lowest BCUT2D eigenvalue weighted by atomic mass is 10.1. The lowest BCUT2D eigenvalue weighted by Gasteiger charge is -2.34. The first kappa shape index (κ1) is 14.7. The summed E-state index contributed by atoms with van der Waals surface area (Å²) in [7, 11) is 0. The Morgan fingerprint density at radius 3 is 3.00 bits per heavy atom. The first-order valence-corrected chi connectivity index (χ1v) is 8.16. The number of aromatic nitrogens is 3. The van der Waals surface area contributed by atoms with Crippen molar-refractivity contribution >= 4 is 28.3 Å². The summed E-state index contributed by atoms with van der Waals surface area (Å²) in [6, 6.07) is 9.95. The lowest BCUT2D eigenvalue weighted by molar-refractivity contribution is 0.0985. The average molecular weight is 321 g/mol.